The first-order valence-electron chi connectivity index (χ1n) is 6.83. The highest BCUT2D eigenvalue weighted by Gasteiger charge is 2.23. The Balaban J connectivity index is 2.07. The predicted octanol–water partition coefficient (Wildman–Crippen LogP) is 2.63. The first-order valence-corrected chi connectivity index (χ1v) is 9.19. The molecule has 0 bridgehead atoms. The van der Waals surface area contributed by atoms with E-state index in [0.717, 1.165) is 25.7 Å². The van der Waals surface area contributed by atoms with Crippen molar-refractivity contribution in [2.45, 2.75) is 62.5 Å². The summed E-state index contributed by atoms with van der Waals surface area (Å²) in [6.07, 6.45) is 7.65. The van der Waals surface area contributed by atoms with Crippen LogP contribution in [0.4, 0.5) is 0 Å². The van der Waals surface area contributed by atoms with Gasteiger partial charge in [-0.15, -0.1) is 11.3 Å². The molecule has 0 saturated heterocycles. The minimum Gasteiger partial charge on any atom is -0.391 e. The summed E-state index contributed by atoms with van der Waals surface area (Å²) in [5, 5.41) is 10.9. The van der Waals surface area contributed by atoms with E-state index in [-0.39, 0.29) is 17.5 Å². The fourth-order valence-electron chi connectivity index (χ4n) is 2.54. The molecule has 0 radical (unpaired) electrons. The monoisotopic (exact) mass is 303 g/mol. The van der Waals surface area contributed by atoms with Crippen molar-refractivity contribution in [2.75, 3.05) is 0 Å². The van der Waals surface area contributed by atoms with Gasteiger partial charge < -0.3 is 5.11 Å². The molecule has 0 aromatic carbocycles. The molecule has 2 rings (SSSR count). The van der Waals surface area contributed by atoms with Crippen LogP contribution in [-0.2, 0) is 16.6 Å². The van der Waals surface area contributed by atoms with Crippen molar-refractivity contribution in [2.24, 2.45) is 0 Å². The summed E-state index contributed by atoms with van der Waals surface area (Å²) >= 11 is 1.28. The van der Waals surface area contributed by atoms with Crippen molar-refractivity contribution in [3.63, 3.8) is 0 Å². The molecule has 0 aliphatic heterocycles. The van der Waals surface area contributed by atoms with Crippen LogP contribution in [0.15, 0.2) is 16.3 Å². The predicted molar refractivity (Wildman–Crippen MR) is 76.7 cm³/mol. The molecule has 0 spiro atoms. The Labute approximate surface area is 118 Å². The summed E-state index contributed by atoms with van der Waals surface area (Å²) in [6.45, 7) is -0.224. The molecule has 4 nitrogen and oxygen atoms in total. The summed E-state index contributed by atoms with van der Waals surface area (Å²) in [5.41, 5.74) is 0. The fourth-order valence-corrected chi connectivity index (χ4v) is 5.14. The van der Waals surface area contributed by atoms with E-state index in [0.29, 0.717) is 4.88 Å². The van der Waals surface area contributed by atoms with E-state index in [1.165, 1.54) is 30.6 Å². The van der Waals surface area contributed by atoms with Gasteiger partial charge in [0.05, 0.1) is 11.5 Å². The summed E-state index contributed by atoms with van der Waals surface area (Å²) in [4.78, 5) is 0.750. The number of rotatable bonds is 4. The van der Waals surface area contributed by atoms with Gasteiger partial charge in [-0.3, -0.25) is 0 Å². The third-order valence-corrected chi connectivity index (χ3v) is 6.20. The highest BCUT2D eigenvalue weighted by atomic mass is 32.2. The minimum absolute atomic E-state index is 0.0387. The molecule has 1 fully saturated rings. The first kappa shape index (κ1) is 15.0. The van der Waals surface area contributed by atoms with Gasteiger partial charge >= 0.3 is 0 Å². The van der Waals surface area contributed by atoms with Gasteiger partial charge in [0.25, 0.3) is 0 Å². The van der Waals surface area contributed by atoms with Crippen LogP contribution < -0.4 is 4.72 Å². The third-order valence-electron chi connectivity index (χ3n) is 3.56. The molecule has 1 heterocycles. The van der Waals surface area contributed by atoms with Gasteiger partial charge in [-0.2, -0.15) is 0 Å². The summed E-state index contributed by atoms with van der Waals surface area (Å²) in [7, 11) is -3.49. The van der Waals surface area contributed by atoms with Crippen LogP contribution in [0.5, 0.6) is 0 Å². The normalized spacial score (nSPS) is 19.0. The Kier molecular flexibility index (Phi) is 5.38. The average molecular weight is 303 g/mol. The number of aliphatic hydroxyl groups is 1. The molecule has 1 aromatic rings. The fraction of sp³-hybridized carbons (Fsp3) is 0.692. The van der Waals surface area contributed by atoms with Crippen molar-refractivity contribution >= 4 is 21.4 Å². The minimum atomic E-state index is -3.49. The van der Waals surface area contributed by atoms with Gasteiger partial charge in [0.1, 0.15) is 0 Å². The average Bonchev–Trinajstić information content (AvgIpc) is 2.81. The number of nitrogens with one attached hydrogen (secondary N) is 1. The van der Waals surface area contributed by atoms with Crippen LogP contribution in [0.1, 0.15) is 49.8 Å². The quantitative estimate of drug-likeness (QED) is 0.898. The van der Waals surface area contributed by atoms with Crippen LogP contribution in [-0.4, -0.2) is 19.6 Å². The largest absolute Gasteiger partial charge is 0.391 e. The lowest BCUT2D eigenvalue weighted by atomic mass is 9.97. The Morgan fingerprint density at radius 3 is 2.47 bits per heavy atom. The highest BCUT2D eigenvalue weighted by Crippen LogP contribution is 2.24. The van der Waals surface area contributed by atoms with Gasteiger partial charge in [-0.05, 0) is 24.3 Å². The molecule has 1 aromatic heterocycles. The molecule has 19 heavy (non-hydrogen) atoms. The second-order valence-corrected chi connectivity index (χ2v) is 7.71. The van der Waals surface area contributed by atoms with E-state index in [1.807, 2.05) is 0 Å². The van der Waals surface area contributed by atoms with Crippen molar-refractivity contribution in [1.29, 1.82) is 0 Å². The van der Waals surface area contributed by atoms with Gasteiger partial charge in [0, 0.05) is 10.9 Å². The summed E-state index contributed by atoms with van der Waals surface area (Å²) in [5.74, 6) is 0. The Morgan fingerprint density at radius 1 is 1.21 bits per heavy atom. The molecule has 0 unspecified atom stereocenters. The van der Waals surface area contributed by atoms with Crippen LogP contribution >= 0.6 is 11.3 Å². The molecule has 1 saturated carbocycles. The summed E-state index contributed by atoms with van der Waals surface area (Å²) in [6, 6.07) is 1.61. The molecule has 0 amide bonds. The SMILES string of the molecule is O=S(=O)(NC1CCCCCCC1)c1ccsc1CO. The Morgan fingerprint density at radius 2 is 1.84 bits per heavy atom. The van der Waals surface area contributed by atoms with Gasteiger partial charge in [0.15, 0.2) is 0 Å². The maximum Gasteiger partial charge on any atom is 0.242 e. The third kappa shape index (κ3) is 4.02. The van der Waals surface area contributed by atoms with E-state index < -0.39 is 10.0 Å². The number of hydrogen-bond donors (Lipinski definition) is 2. The van der Waals surface area contributed by atoms with Gasteiger partial charge in [-0.1, -0.05) is 32.1 Å². The molecular weight excluding hydrogens is 282 g/mol. The number of sulfonamides is 1. The Hall–Kier alpha value is -0.430. The molecule has 2 N–H and O–H groups in total. The topological polar surface area (TPSA) is 66.4 Å². The Bertz CT molecular complexity index is 488. The number of thiophene rings is 1. The smallest absolute Gasteiger partial charge is 0.242 e. The van der Waals surface area contributed by atoms with Crippen LogP contribution in [0.25, 0.3) is 0 Å². The van der Waals surface area contributed by atoms with E-state index in [1.54, 1.807) is 11.4 Å². The zero-order valence-electron chi connectivity index (χ0n) is 11.0. The number of aliphatic hydroxyl groups excluding tert-OH is 1. The standard InChI is InChI=1S/C13H21NO3S2/c15-10-12-13(8-9-18-12)19(16,17)14-11-6-4-2-1-3-5-7-11/h8-9,11,14-15H,1-7,10H2. The maximum atomic E-state index is 12.3. The van der Waals surface area contributed by atoms with Crippen molar-refractivity contribution in [3.8, 4) is 0 Å². The maximum absolute atomic E-state index is 12.3. The van der Waals surface area contributed by atoms with Crippen molar-refractivity contribution in [1.82, 2.24) is 4.72 Å². The molecule has 0 atom stereocenters. The second-order valence-electron chi connectivity index (χ2n) is 5.03. The van der Waals surface area contributed by atoms with Gasteiger partial charge in [-0.25, -0.2) is 13.1 Å². The van der Waals surface area contributed by atoms with E-state index >= 15 is 0 Å². The highest BCUT2D eigenvalue weighted by molar-refractivity contribution is 7.89. The van der Waals surface area contributed by atoms with E-state index in [4.69, 9.17) is 0 Å². The first-order chi connectivity index (χ1) is 9.13. The van der Waals surface area contributed by atoms with Crippen LogP contribution in [0.2, 0.25) is 0 Å². The molecule has 108 valence electrons. The number of hydrogen-bond acceptors (Lipinski definition) is 4. The zero-order valence-corrected chi connectivity index (χ0v) is 12.6. The lowest BCUT2D eigenvalue weighted by Gasteiger charge is -2.20. The summed E-state index contributed by atoms with van der Waals surface area (Å²) < 4.78 is 27.5. The lowest BCUT2D eigenvalue weighted by molar-refractivity contribution is 0.282. The molecule has 6 heteroatoms. The van der Waals surface area contributed by atoms with Crippen molar-refractivity contribution < 1.29 is 13.5 Å². The van der Waals surface area contributed by atoms with Gasteiger partial charge in [0.2, 0.25) is 10.0 Å². The van der Waals surface area contributed by atoms with E-state index in [9.17, 15) is 13.5 Å². The molecular formula is C13H21NO3S2. The second kappa shape index (κ2) is 6.83. The van der Waals surface area contributed by atoms with Crippen LogP contribution in [0, 0.1) is 0 Å². The zero-order chi connectivity index (χ0) is 13.7. The van der Waals surface area contributed by atoms with Crippen LogP contribution in [0.3, 0.4) is 0 Å². The van der Waals surface area contributed by atoms with Crippen molar-refractivity contribution in [3.05, 3.63) is 16.3 Å². The molecule has 1 aliphatic carbocycles. The van der Waals surface area contributed by atoms with E-state index in [2.05, 4.69) is 4.72 Å². The lowest BCUT2D eigenvalue weighted by Crippen LogP contribution is -2.35. The molecule has 1 aliphatic rings.